The van der Waals surface area contributed by atoms with Gasteiger partial charge in [-0.25, -0.2) is 39.9 Å². The number of nitrogens with zero attached hydrogens (tertiary/aromatic N) is 10. The van der Waals surface area contributed by atoms with Crippen LogP contribution in [0.15, 0.2) is 474 Å². The van der Waals surface area contributed by atoms with E-state index in [0.29, 0.717) is 23.3 Å². The summed E-state index contributed by atoms with van der Waals surface area (Å²) in [5, 5.41) is 24.0. The van der Waals surface area contributed by atoms with Crippen LogP contribution in [0.25, 0.3) is 265 Å². The van der Waals surface area contributed by atoms with Crippen molar-refractivity contribution in [3.8, 4) is 158 Å². The molecule has 0 aliphatic carbocycles. The number of pyridine rings is 2. The molecule has 6 heterocycles. The fraction of sp³-hybridized carbons (Fsp3) is 0. The van der Waals surface area contributed by atoms with E-state index in [4.69, 9.17) is 34.9 Å². The lowest BCUT2D eigenvalue weighted by molar-refractivity contribution is 1.18. The molecule has 0 aliphatic rings. The molecule has 632 valence electrons. The zero-order valence-electron chi connectivity index (χ0n) is 73.5. The zero-order chi connectivity index (χ0) is 89.9. The van der Waals surface area contributed by atoms with E-state index in [9.17, 15) is 0 Å². The van der Waals surface area contributed by atoms with Gasteiger partial charge in [-0.3, -0.25) is 9.97 Å². The molecule has 21 aromatic carbocycles. The third kappa shape index (κ3) is 15.0. The van der Waals surface area contributed by atoms with Gasteiger partial charge in [-0.2, -0.15) is 0 Å². The van der Waals surface area contributed by atoms with Crippen LogP contribution in [0.3, 0.4) is 0 Å². The summed E-state index contributed by atoms with van der Waals surface area (Å²) in [5.41, 5.74) is 25.8. The Morgan fingerprint density at radius 1 is 0.140 bits per heavy atom. The molecule has 0 saturated carbocycles. The summed E-state index contributed by atoms with van der Waals surface area (Å²) < 4.78 is 0. The first-order valence-electron chi connectivity index (χ1n) is 45.7. The second-order valence-electron chi connectivity index (χ2n) is 34.5. The number of benzene rings is 21. The molecule has 27 aromatic rings. The lowest BCUT2D eigenvalue weighted by Gasteiger charge is -2.15. The Morgan fingerprint density at radius 2 is 0.426 bits per heavy atom. The molecule has 0 unspecified atom stereocenters. The Labute approximate surface area is 783 Å². The highest BCUT2D eigenvalue weighted by Gasteiger charge is 2.22. The molecule has 0 spiro atoms. The third-order valence-electron chi connectivity index (χ3n) is 26.4. The minimum absolute atomic E-state index is 0.703. The van der Waals surface area contributed by atoms with Crippen LogP contribution in [0, 0.1) is 0 Å². The van der Waals surface area contributed by atoms with Gasteiger partial charge in [0, 0.05) is 92.0 Å². The average molecular weight is 1730 g/mol. The molecular formula is C126H78N10. The lowest BCUT2D eigenvalue weighted by Crippen LogP contribution is -1.97. The van der Waals surface area contributed by atoms with Crippen molar-refractivity contribution in [3.05, 3.63) is 474 Å². The minimum Gasteiger partial charge on any atom is -0.265 e. The molecule has 0 fully saturated rings. The van der Waals surface area contributed by atoms with Crippen LogP contribution in [0.1, 0.15) is 0 Å². The van der Waals surface area contributed by atoms with Crippen molar-refractivity contribution >= 4 is 108 Å². The number of hydrogen-bond acceptors (Lipinski definition) is 10. The summed E-state index contributed by atoms with van der Waals surface area (Å²) in [6, 6.07) is 156. The second kappa shape index (κ2) is 34.2. The highest BCUT2D eigenvalue weighted by molar-refractivity contribution is 6.28. The first-order chi connectivity index (χ1) is 67.3. The van der Waals surface area contributed by atoms with E-state index in [1.807, 2.05) is 122 Å². The van der Waals surface area contributed by atoms with Gasteiger partial charge in [0.2, 0.25) is 0 Å². The van der Waals surface area contributed by atoms with Crippen molar-refractivity contribution in [2.45, 2.75) is 0 Å². The predicted molar refractivity (Wildman–Crippen MR) is 562 cm³/mol. The van der Waals surface area contributed by atoms with Gasteiger partial charge in [-0.1, -0.05) is 394 Å². The minimum atomic E-state index is 0.703. The summed E-state index contributed by atoms with van der Waals surface area (Å²) in [5.74, 6) is 2.82. The van der Waals surface area contributed by atoms with Gasteiger partial charge < -0.3 is 0 Å². The van der Waals surface area contributed by atoms with Gasteiger partial charge in [0.25, 0.3) is 0 Å². The molecule has 0 N–H and O–H groups in total. The maximum absolute atomic E-state index is 5.18. The van der Waals surface area contributed by atoms with Crippen molar-refractivity contribution in [3.63, 3.8) is 0 Å². The van der Waals surface area contributed by atoms with Crippen LogP contribution in [-0.4, -0.2) is 49.8 Å². The van der Waals surface area contributed by atoms with Gasteiger partial charge in [-0.05, 0) is 190 Å². The molecule has 6 aromatic heterocycles. The Balaban J connectivity index is 0.000000109. The molecule has 0 aliphatic heterocycles. The van der Waals surface area contributed by atoms with Gasteiger partial charge in [0.15, 0.2) is 23.3 Å². The van der Waals surface area contributed by atoms with Crippen molar-refractivity contribution in [2.24, 2.45) is 0 Å². The maximum atomic E-state index is 5.18. The van der Waals surface area contributed by atoms with E-state index in [1.165, 1.54) is 114 Å². The topological polar surface area (TPSA) is 129 Å². The van der Waals surface area contributed by atoms with Crippen molar-refractivity contribution in [1.82, 2.24) is 49.8 Å². The number of para-hydroxylation sites is 1. The van der Waals surface area contributed by atoms with Crippen molar-refractivity contribution in [1.29, 1.82) is 0 Å². The van der Waals surface area contributed by atoms with Gasteiger partial charge in [0.1, 0.15) is 0 Å². The maximum Gasteiger partial charge on any atom is 0.161 e. The first kappa shape index (κ1) is 79.8. The molecule has 10 nitrogen and oxygen atoms in total. The average Bonchev–Trinajstić information content (AvgIpc) is 0.739. The highest BCUT2D eigenvalue weighted by Crippen LogP contribution is 2.46. The summed E-state index contributed by atoms with van der Waals surface area (Å²) >= 11 is 0. The predicted octanol–water partition coefficient (Wildman–Crippen LogP) is 32.2. The van der Waals surface area contributed by atoms with E-state index in [1.54, 1.807) is 6.20 Å². The Morgan fingerprint density at radius 3 is 0.824 bits per heavy atom. The van der Waals surface area contributed by atoms with Crippen LogP contribution in [0.2, 0.25) is 0 Å². The van der Waals surface area contributed by atoms with E-state index in [0.717, 1.165) is 128 Å². The molecular weight excluding hydrogens is 1650 g/mol. The molecule has 0 bridgehead atoms. The fourth-order valence-corrected chi connectivity index (χ4v) is 19.6. The van der Waals surface area contributed by atoms with Crippen LogP contribution >= 0.6 is 0 Å². The van der Waals surface area contributed by atoms with Crippen LogP contribution in [0.4, 0.5) is 0 Å². The van der Waals surface area contributed by atoms with Crippen molar-refractivity contribution in [2.75, 3.05) is 0 Å². The molecule has 136 heavy (non-hydrogen) atoms. The number of fused-ring (bicyclic) bond motifs is 1. The largest absolute Gasteiger partial charge is 0.265 e. The summed E-state index contributed by atoms with van der Waals surface area (Å²) in [4.78, 5) is 48.4. The molecule has 0 saturated heterocycles. The zero-order valence-corrected chi connectivity index (χ0v) is 73.5. The molecule has 0 atom stereocenters. The molecule has 0 amide bonds. The van der Waals surface area contributed by atoms with Crippen LogP contribution in [-0.2, 0) is 0 Å². The summed E-state index contributed by atoms with van der Waals surface area (Å²) in [7, 11) is 0. The van der Waals surface area contributed by atoms with E-state index < -0.39 is 0 Å². The summed E-state index contributed by atoms with van der Waals surface area (Å²) in [6.45, 7) is 0. The van der Waals surface area contributed by atoms with Gasteiger partial charge in [0.05, 0.1) is 39.7 Å². The molecule has 27 rings (SSSR count). The Kier molecular flexibility index (Phi) is 20.0. The number of hydrogen-bond donors (Lipinski definition) is 0. The highest BCUT2D eigenvalue weighted by atomic mass is 14.9. The van der Waals surface area contributed by atoms with E-state index in [-0.39, 0.29) is 0 Å². The lowest BCUT2D eigenvalue weighted by atomic mass is 9.90. The standard InChI is InChI=1S/2C43H27N3.C40H24N4/c1-2-6-30(7-3-1)39-26-40(31-15-11-28(12-16-31)36-10-5-25-44-27-36)46-43(45-39)35-19-13-29(14-20-35)37-23-21-34-18-17-32-8-4-9-33-22-24-38(37)42(34)41(32)33;1-2-5-31(6-3-1)39-27-40(32-13-9-28(10-14-32)29-23-25-44-26-24-29)46-43(45-39)36-17-11-30(12-18-36)37-21-19-35-16-15-33-7-4-8-34-20-22-38(37)42(35)41(33)34;1-2-7-25(8-3-1)35-23-36(26-13-17-30(18-14-26)39-41-24-31-9-4-5-12-34(31)42-39)44-40(43-35)33-22-20-29-16-15-27-10-6-11-28-19-21-32(33)38(29)37(27)28/h2*1-27H;1-24H. The van der Waals surface area contributed by atoms with Crippen molar-refractivity contribution < 1.29 is 0 Å². The number of rotatable bonds is 14. The number of aromatic nitrogens is 10. The normalized spacial score (nSPS) is 11.5. The molecule has 0 radical (unpaired) electrons. The smallest absolute Gasteiger partial charge is 0.161 e. The van der Waals surface area contributed by atoms with Gasteiger partial charge in [-0.15, -0.1) is 0 Å². The Bertz CT molecular complexity index is 8750. The third-order valence-corrected chi connectivity index (χ3v) is 26.4. The second-order valence-corrected chi connectivity index (χ2v) is 34.5. The summed E-state index contributed by atoms with van der Waals surface area (Å²) in [6.07, 6.45) is 9.20. The van der Waals surface area contributed by atoms with Crippen LogP contribution in [0.5, 0.6) is 0 Å². The monoisotopic (exact) mass is 1730 g/mol. The van der Waals surface area contributed by atoms with E-state index >= 15 is 0 Å². The quantitative estimate of drug-likeness (QED) is 0.0971. The SMILES string of the molecule is c1ccc(-c2cc(-c3ccc(-c4cccnc4)cc3)nc(-c3ccc(-c4ccc5ccc6cccc7ccc4c5c67)cc3)n2)cc1.c1ccc(-c2cc(-c3ccc(-c4ccncc4)cc3)nc(-c3ccc(-c4ccc5ccc6cccc7ccc4c5c67)cc3)n2)cc1.c1ccc(-c2cc(-c3ccc(-c4ncc5ccccc5n4)cc3)nc(-c3ccc4ccc5cccc6ccc3c4c56)n2)cc1. The molecule has 10 heteroatoms. The van der Waals surface area contributed by atoms with Crippen LogP contribution < -0.4 is 0 Å². The van der Waals surface area contributed by atoms with E-state index in [2.05, 4.69) is 361 Å². The fourth-order valence-electron chi connectivity index (χ4n) is 19.6. The first-order valence-corrected chi connectivity index (χ1v) is 45.7. The Hall–Kier alpha value is -18.4. The van der Waals surface area contributed by atoms with Gasteiger partial charge >= 0.3 is 0 Å².